The molecule has 27 heavy (non-hydrogen) atoms. The SMILES string of the molecule is C=C.C=C=C=C=C=C.CCOC(=O)C1CCCN(Cc2cccc(Cl)c2)C1. The zero-order chi connectivity index (χ0) is 20.5. The molecule has 1 unspecified atom stereocenters. The summed E-state index contributed by atoms with van der Waals surface area (Å²) in [4.78, 5) is 14.1. The van der Waals surface area contributed by atoms with E-state index in [9.17, 15) is 4.79 Å². The molecule has 1 aliphatic rings. The van der Waals surface area contributed by atoms with E-state index in [4.69, 9.17) is 16.3 Å². The van der Waals surface area contributed by atoms with E-state index in [-0.39, 0.29) is 11.9 Å². The van der Waals surface area contributed by atoms with Crippen molar-refractivity contribution in [3.63, 3.8) is 0 Å². The van der Waals surface area contributed by atoms with Gasteiger partial charge in [-0.15, -0.1) is 13.2 Å². The number of carbonyl (C=O) groups excluding carboxylic acids is 1. The van der Waals surface area contributed by atoms with Crippen molar-refractivity contribution in [1.29, 1.82) is 0 Å². The number of benzene rings is 1. The van der Waals surface area contributed by atoms with Crippen molar-refractivity contribution in [2.45, 2.75) is 26.3 Å². The van der Waals surface area contributed by atoms with Crippen molar-refractivity contribution < 1.29 is 9.53 Å². The number of nitrogens with zero attached hydrogens (tertiary/aromatic N) is 1. The molecule has 0 aliphatic carbocycles. The Morgan fingerprint density at radius 3 is 2.52 bits per heavy atom. The van der Waals surface area contributed by atoms with E-state index in [2.05, 4.69) is 60.2 Å². The predicted octanol–water partition coefficient (Wildman–Crippen LogP) is 5.34. The summed E-state index contributed by atoms with van der Waals surface area (Å²) >= 11 is 5.99. The lowest BCUT2D eigenvalue weighted by atomic mass is 9.98. The number of hydrogen-bond acceptors (Lipinski definition) is 3. The van der Waals surface area contributed by atoms with Crippen LogP contribution in [0.15, 0.2) is 73.5 Å². The second-order valence-electron chi connectivity index (χ2n) is 5.56. The zero-order valence-corrected chi connectivity index (χ0v) is 16.9. The fourth-order valence-electron chi connectivity index (χ4n) is 2.63. The molecule has 0 radical (unpaired) electrons. The standard InChI is InChI=1S/C15H20ClNO2.C6H4.C2H4/c1-2-19-15(18)13-6-4-8-17(11-13)10-12-5-3-7-14(16)9-12;1-3-5-6-4-2;1-2/h3,5,7,9,13H,2,4,6,8,10-11H2,1H3;1-2H2;1-2H2. The molecule has 1 saturated heterocycles. The number of halogens is 1. The van der Waals surface area contributed by atoms with E-state index in [1.54, 1.807) is 0 Å². The Bertz CT molecular complexity index is 700. The largest absolute Gasteiger partial charge is 0.466 e. The molecule has 1 aromatic carbocycles. The van der Waals surface area contributed by atoms with Crippen LogP contribution in [-0.4, -0.2) is 30.6 Å². The third-order valence-electron chi connectivity index (χ3n) is 3.66. The molecule has 1 fully saturated rings. The van der Waals surface area contributed by atoms with Gasteiger partial charge >= 0.3 is 5.97 Å². The van der Waals surface area contributed by atoms with Gasteiger partial charge in [-0.1, -0.05) is 35.2 Å². The summed E-state index contributed by atoms with van der Waals surface area (Å²) in [7, 11) is 0. The molecule has 1 atom stereocenters. The second kappa shape index (κ2) is 15.8. The minimum Gasteiger partial charge on any atom is -0.466 e. The Hall–Kier alpha value is -2.46. The van der Waals surface area contributed by atoms with Gasteiger partial charge in [-0.25, -0.2) is 0 Å². The van der Waals surface area contributed by atoms with E-state index in [0.717, 1.165) is 37.5 Å². The Labute approximate surface area is 168 Å². The molecule has 144 valence electrons. The van der Waals surface area contributed by atoms with Crippen LogP contribution in [-0.2, 0) is 16.1 Å². The van der Waals surface area contributed by atoms with Gasteiger partial charge < -0.3 is 4.74 Å². The molecule has 0 bridgehead atoms. The molecule has 0 spiro atoms. The number of piperidine rings is 1. The number of ether oxygens (including phenoxy) is 1. The van der Waals surface area contributed by atoms with Crippen LogP contribution in [0.2, 0.25) is 5.02 Å². The van der Waals surface area contributed by atoms with Gasteiger partial charge in [-0.05, 0) is 68.6 Å². The molecular formula is C23H28ClNO2. The first-order valence-electron chi connectivity index (χ1n) is 8.78. The highest BCUT2D eigenvalue weighted by molar-refractivity contribution is 6.30. The highest BCUT2D eigenvalue weighted by atomic mass is 35.5. The van der Waals surface area contributed by atoms with E-state index in [1.807, 2.05) is 25.1 Å². The lowest BCUT2D eigenvalue weighted by Crippen LogP contribution is -2.38. The molecular weight excluding hydrogens is 358 g/mol. The fourth-order valence-corrected chi connectivity index (χ4v) is 2.85. The molecule has 4 heteroatoms. The summed E-state index contributed by atoms with van der Waals surface area (Å²) in [5.74, 6) is -0.0359. The number of carbonyl (C=O) groups is 1. The van der Waals surface area contributed by atoms with Crippen LogP contribution in [0.3, 0.4) is 0 Å². The van der Waals surface area contributed by atoms with Crippen molar-refractivity contribution in [3.8, 4) is 0 Å². The summed E-state index contributed by atoms with van der Waals surface area (Å²) in [6.07, 6.45) is 1.98. The molecule has 1 aliphatic heterocycles. The van der Waals surface area contributed by atoms with Gasteiger partial charge in [0.05, 0.1) is 12.5 Å². The minimum absolute atomic E-state index is 0.0212. The van der Waals surface area contributed by atoms with Crippen LogP contribution in [0.5, 0.6) is 0 Å². The van der Waals surface area contributed by atoms with E-state index >= 15 is 0 Å². The highest BCUT2D eigenvalue weighted by Gasteiger charge is 2.26. The monoisotopic (exact) mass is 385 g/mol. The summed E-state index contributed by atoms with van der Waals surface area (Å²) in [5.41, 5.74) is 10.7. The maximum Gasteiger partial charge on any atom is 0.310 e. The summed E-state index contributed by atoms with van der Waals surface area (Å²) in [6.45, 7) is 17.4. The van der Waals surface area contributed by atoms with Crippen molar-refractivity contribution in [2.75, 3.05) is 19.7 Å². The molecule has 0 aromatic heterocycles. The van der Waals surface area contributed by atoms with Crippen molar-refractivity contribution in [2.24, 2.45) is 5.92 Å². The van der Waals surface area contributed by atoms with Gasteiger partial charge in [0.1, 0.15) is 0 Å². The summed E-state index contributed by atoms with van der Waals surface area (Å²) in [6, 6.07) is 7.89. The summed E-state index contributed by atoms with van der Waals surface area (Å²) in [5, 5.41) is 0.761. The first kappa shape index (κ1) is 24.5. The Kier molecular flexibility index (Phi) is 14.3. The minimum atomic E-state index is -0.0571. The van der Waals surface area contributed by atoms with Crippen molar-refractivity contribution >= 4 is 17.6 Å². The van der Waals surface area contributed by atoms with Crippen LogP contribution in [0.1, 0.15) is 25.3 Å². The van der Waals surface area contributed by atoms with Gasteiger partial charge in [0, 0.05) is 18.1 Å². The number of rotatable bonds is 4. The van der Waals surface area contributed by atoms with Crippen LogP contribution < -0.4 is 0 Å². The molecule has 1 heterocycles. The third-order valence-corrected chi connectivity index (χ3v) is 3.90. The Balaban J connectivity index is 0.000000722. The van der Waals surface area contributed by atoms with Crippen molar-refractivity contribution in [1.82, 2.24) is 4.90 Å². The maximum atomic E-state index is 11.8. The lowest BCUT2D eigenvalue weighted by molar-refractivity contribution is -0.150. The quantitative estimate of drug-likeness (QED) is 0.398. The second-order valence-corrected chi connectivity index (χ2v) is 6.00. The zero-order valence-electron chi connectivity index (χ0n) is 16.1. The average Bonchev–Trinajstić information content (AvgIpc) is 2.69. The normalized spacial score (nSPS) is 15.1. The maximum absolute atomic E-state index is 11.8. The van der Waals surface area contributed by atoms with E-state index in [0.29, 0.717) is 6.61 Å². The number of likely N-dealkylation sites (tertiary alicyclic amines) is 1. The number of esters is 1. The first-order chi connectivity index (χ1) is 13.1. The predicted molar refractivity (Wildman–Crippen MR) is 113 cm³/mol. The van der Waals surface area contributed by atoms with Crippen LogP contribution in [0.25, 0.3) is 0 Å². The molecule has 2 rings (SSSR count). The topological polar surface area (TPSA) is 29.5 Å². The molecule has 0 saturated carbocycles. The van der Waals surface area contributed by atoms with Crippen LogP contribution >= 0.6 is 11.6 Å². The molecule has 3 nitrogen and oxygen atoms in total. The Morgan fingerprint density at radius 1 is 1.30 bits per heavy atom. The van der Waals surface area contributed by atoms with E-state index < -0.39 is 0 Å². The molecule has 1 aromatic rings. The molecule has 0 amide bonds. The van der Waals surface area contributed by atoms with E-state index in [1.165, 1.54) is 5.56 Å². The smallest absolute Gasteiger partial charge is 0.310 e. The molecule has 0 N–H and O–H groups in total. The van der Waals surface area contributed by atoms with Gasteiger partial charge in [0.2, 0.25) is 0 Å². The van der Waals surface area contributed by atoms with Crippen LogP contribution in [0, 0.1) is 5.92 Å². The first-order valence-corrected chi connectivity index (χ1v) is 9.16. The van der Waals surface area contributed by atoms with Crippen molar-refractivity contribution in [3.05, 3.63) is 84.1 Å². The van der Waals surface area contributed by atoms with Gasteiger partial charge in [-0.3, -0.25) is 9.69 Å². The van der Waals surface area contributed by atoms with Crippen LogP contribution in [0.4, 0.5) is 0 Å². The highest BCUT2D eigenvalue weighted by Crippen LogP contribution is 2.20. The fraction of sp³-hybridized carbons (Fsp3) is 0.348. The van der Waals surface area contributed by atoms with Gasteiger partial charge in [0.25, 0.3) is 0 Å². The van der Waals surface area contributed by atoms with Gasteiger partial charge in [0.15, 0.2) is 0 Å². The Morgan fingerprint density at radius 2 is 1.96 bits per heavy atom. The van der Waals surface area contributed by atoms with Gasteiger partial charge in [-0.2, -0.15) is 0 Å². The summed E-state index contributed by atoms with van der Waals surface area (Å²) < 4.78 is 5.11. The third kappa shape index (κ3) is 11.0. The average molecular weight is 386 g/mol. The number of hydrogen-bond donors (Lipinski definition) is 0. The lowest BCUT2D eigenvalue weighted by Gasteiger charge is -2.31.